The van der Waals surface area contributed by atoms with Crippen LogP contribution in [0.25, 0.3) is 11.2 Å². The minimum Gasteiger partial charge on any atom is -0.480 e. The number of nitrogen functional groups attached to an aromatic ring is 1. The molecular weight excluding hydrogens is 400 g/mol. The fraction of sp³-hybridized carbons (Fsp3) is 0.647. The number of nitrogens with two attached hydrogens (primary N) is 2. The van der Waals surface area contributed by atoms with Gasteiger partial charge in [0.25, 0.3) is 0 Å². The summed E-state index contributed by atoms with van der Waals surface area (Å²) in [7, 11) is 0. The summed E-state index contributed by atoms with van der Waals surface area (Å²) in [6.07, 6.45) is 2.06. The maximum atomic E-state index is 10.9. The Hall–Kier alpha value is -1.99. The summed E-state index contributed by atoms with van der Waals surface area (Å²) in [4.78, 5) is 23.4. The largest absolute Gasteiger partial charge is 0.480 e. The molecule has 5 N–H and O–H groups in total. The summed E-state index contributed by atoms with van der Waals surface area (Å²) in [6.45, 7) is 3.73. The standard InChI is InChI=1S/C17H24N6O5S/c1-17(2)27-11-9(5-29-4-3-8(18)16(24)25)26-15(12(11)28-17)23-7-22-10-13(19)20-6-21-14(10)23/h6-9,11-12,15H,3-5,18H2,1-2H3,(H,24,25)(H2,19,20,21)/t8-,9+,11+,12+,15+/m0/s1. The molecule has 11 nitrogen and oxygen atoms in total. The van der Waals surface area contributed by atoms with Crippen LogP contribution in [0.5, 0.6) is 0 Å². The van der Waals surface area contributed by atoms with E-state index in [1.165, 1.54) is 6.33 Å². The van der Waals surface area contributed by atoms with Crippen LogP contribution in [-0.2, 0) is 19.0 Å². The van der Waals surface area contributed by atoms with E-state index in [1.54, 1.807) is 22.7 Å². The highest BCUT2D eigenvalue weighted by Gasteiger charge is 2.56. The van der Waals surface area contributed by atoms with Crippen molar-refractivity contribution in [1.82, 2.24) is 19.5 Å². The van der Waals surface area contributed by atoms with Gasteiger partial charge in [-0.3, -0.25) is 9.36 Å². The molecule has 158 valence electrons. The molecule has 0 aliphatic carbocycles. The Labute approximate surface area is 171 Å². The molecule has 2 saturated heterocycles. The van der Waals surface area contributed by atoms with Gasteiger partial charge in [-0.05, 0) is 26.0 Å². The second-order valence-electron chi connectivity index (χ2n) is 7.52. The van der Waals surface area contributed by atoms with Gasteiger partial charge in [0, 0.05) is 5.75 Å². The number of anilines is 1. The highest BCUT2D eigenvalue weighted by molar-refractivity contribution is 7.99. The number of carboxylic acids is 1. The van der Waals surface area contributed by atoms with Crippen LogP contribution in [0.2, 0.25) is 0 Å². The lowest BCUT2D eigenvalue weighted by Crippen LogP contribution is -2.32. The van der Waals surface area contributed by atoms with E-state index in [4.69, 9.17) is 30.8 Å². The van der Waals surface area contributed by atoms with Crippen LogP contribution in [-0.4, -0.2) is 72.2 Å². The van der Waals surface area contributed by atoms with Crippen molar-refractivity contribution >= 4 is 34.7 Å². The van der Waals surface area contributed by atoms with Crippen molar-refractivity contribution in [2.24, 2.45) is 5.73 Å². The summed E-state index contributed by atoms with van der Waals surface area (Å²) in [5.74, 6) is -0.208. The Balaban J connectivity index is 1.50. The summed E-state index contributed by atoms with van der Waals surface area (Å²) in [5, 5.41) is 8.90. The number of hydrogen-bond donors (Lipinski definition) is 3. The molecular formula is C17H24N6O5S. The number of aromatic nitrogens is 4. The third kappa shape index (κ3) is 3.90. The minimum atomic E-state index is -0.995. The first-order chi connectivity index (χ1) is 13.8. The number of carboxylic acid groups (broad SMARTS) is 1. The second-order valence-corrected chi connectivity index (χ2v) is 8.67. The summed E-state index contributed by atoms with van der Waals surface area (Å²) < 4.78 is 20.3. The molecule has 2 fully saturated rings. The average Bonchev–Trinajstić information content (AvgIpc) is 3.30. The monoisotopic (exact) mass is 424 g/mol. The minimum absolute atomic E-state index is 0.241. The van der Waals surface area contributed by atoms with Crippen molar-refractivity contribution in [3.05, 3.63) is 12.7 Å². The van der Waals surface area contributed by atoms with E-state index in [0.717, 1.165) is 0 Å². The van der Waals surface area contributed by atoms with Gasteiger partial charge in [-0.1, -0.05) is 0 Å². The molecule has 12 heteroatoms. The van der Waals surface area contributed by atoms with Gasteiger partial charge in [-0.25, -0.2) is 15.0 Å². The van der Waals surface area contributed by atoms with Crippen LogP contribution in [0.1, 0.15) is 26.5 Å². The third-order valence-corrected chi connectivity index (χ3v) is 6.05. The van der Waals surface area contributed by atoms with E-state index in [2.05, 4.69) is 15.0 Å². The number of ether oxygens (including phenoxy) is 3. The average molecular weight is 424 g/mol. The fourth-order valence-corrected chi connectivity index (χ4v) is 4.69. The molecule has 0 aromatic carbocycles. The normalized spacial score (nSPS) is 29.2. The topological polar surface area (TPSA) is 161 Å². The van der Waals surface area contributed by atoms with E-state index < -0.39 is 24.0 Å². The first-order valence-corrected chi connectivity index (χ1v) is 10.4. The number of hydrogen-bond acceptors (Lipinski definition) is 10. The van der Waals surface area contributed by atoms with Gasteiger partial charge in [0.1, 0.15) is 30.1 Å². The molecule has 4 rings (SSSR count). The molecule has 0 bridgehead atoms. The van der Waals surface area contributed by atoms with Gasteiger partial charge in [0.15, 0.2) is 23.5 Å². The lowest BCUT2D eigenvalue weighted by Gasteiger charge is -2.24. The number of fused-ring (bicyclic) bond motifs is 2. The predicted molar refractivity (Wildman–Crippen MR) is 105 cm³/mol. The maximum Gasteiger partial charge on any atom is 0.320 e. The molecule has 0 spiro atoms. The van der Waals surface area contributed by atoms with Gasteiger partial charge in [0.2, 0.25) is 0 Å². The molecule has 29 heavy (non-hydrogen) atoms. The van der Waals surface area contributed by atoms with Crippen molar-refractivity contribution < 1.29 is 24.1 Å². The Morgan fingerprint density at radius 1 is 1.34 bits per heavy atom. The van der Waals surface area contributed by atoms with Crippen LogP contribution in [0.15, 0.2) is 12.7 Å². The summed E-state index contributed by atoms with van der Waals surface area (Å²) in [6, 6.07) is -0.861. The smallest absolute Gasteiger partial charge is 0.320 e. The van der Waals surface area contributed by atoms with E-state index in [1.807, 2.05) is 13.8 Å². The number of rotatable bonds is 7. The molecule has 2 aromatic heterocycles. The van der Waals surface area contributed by atoms with Gasteiger partial charge in [-0.15, -0.1) is 0 Å². The van der Waals surface area contributed by atoms with E-state index in [-0.39, 0.29) is 18.3 Å². The SMILES string of the molecule is CC1(C)O[C@@H]2[C@H](O1)[C@@H](CSCC[C@H](N)C(=O)O)O[C@H]2n1cnc2c(N)ncnc21. The third-order valence-electron chi connectivity index (χ3n) is 4.96. The Kier molecular flexibility index (Phi) is 5.38. The van der Waals surface area contributed by atoms with E-state index in [9.17, 15) is 4.79 Å². The predicted octanol–water partition coefficient (Wildman–Crippen LogP) is 0.361. The number of carbonyl (C=O) groups is 1. The summed E-state index contributed by atoms with van der Waals surface area (Å²) >= 11 is 1.58. The number of imidazole rings is 1. The van der Waals surface area contributed by atoms with Crippen molar-refractivity contribution in [3.63, 3.8) is 0 Å². The van der Waals surface area contributed by atoms with E-state index in [0.29, 0.717) is 34.9 Å². The van der Waals surface area contributed by atoms with Crippen LogP contribution in [0.4, 0.5) is 5.82 Å². The molecule has 0 radical (unpaired) electrons. The second kappa shape index (κ2) is 7.69. The van der Waals surface area contributed by atoms with Gasteiger partial charge >= 0.3 is 5.97 Å². The zero-order valence-electron chi connectivity index (χ0n) is 16.1. The zero-order valence-corrected chi connectivity index (χ0v) is 16.9. The Morgan fingerprint density at radius 2 is 2.10 bits per heavy atom. The van der Waals surface area contributed by atoms with Gasteiger partial charge in [-0.2, -0.15) is 11.8 Å². The number of thioether (sulfide) groups is 1. The number of aliphatic carboxylic acids is 1. The van der Waals surface area contributed by atoms with Gasteiger partial charge < -0.3 is 30.8 Å². The summed E-state index contributed by atoms with van der Waals surface area (Å²) in [5.41, 5.74) is 12.5. The van der Waals surface area contributed by atoms with Crippen LogP contribution < -0.4 is 11.5 Å². The Morgan fingerprint density at radius 3 is 2.86 bits per heavy atom. The molecule has 2 aromatic rings. The van der Waals surface area contributed by atoms with Crippen LogP contribution >= 0.6 is 11.8 Å². The molecule has 5 atom stereocenters. The fourth-order valence-electron chi connectivity index (χ4n) is 3.61. The highest BCUT2D eigenvalue weighted by Crippen LogP contribution is 2.44. The van der Waals surface area contributed by atoms with Crippen LogP contribution in [0, 0.1) is 0 Å². The zero-order chi connectivity index (χ0) is 20.8. The van der Waals surface area contributed by atoms with E-state index >= 15 is 0 Å². The van der Waals surface area contributed by atoms with Crippen LogP contribution in [0.3, 0.4) is 0 Å². The maximum absolute atomic E-state index is 10.9. The quantitative estimate of drug-likeness (QED) is 0.526. The molecule has 0 saturated carbocycles. The van der Waals surface area contributed by atoms with Gasteiger partial charge in [0.05, 0.1) is 12.4 Å². The molecule has 0 amide bonds. The molecule has 0 unspecified atom stereocenters. The highest BCUT2D eigenvalue weighted by atomic mass is 32.2. The lowest BCUT2D eigenvalue weighted by atomic mass is 10.1. The first-order valence-electron chi connectivity index (χ1n) is 9.27. The van der Waals surface area contributed by atoms with Crippen molar-refractivity contribution in [1.29, 1.82) is 0 Å². The number of nitrogens with zero attached hydrogens (tertiary/aromatic N) is 4. The van der Waals surface area contributed by atoms with Crippen molar-refractivity contribution in [2.45, 2.75) is 56.6 Å². The molecule has 2 aliphatic heterocycles. The Bertz CT molecular complexity index is 908. The van der Waals surface area contributed by atoms with Crippen molar-refractivity contribution in [2.75, 3.05) is 17.2 Å². The van der Waals surface area contributed by atoms with Crippen molar-refractivity contribution in [3.8, 4) is 0 Å². The molecule has 2 aliphatic rings. The lowest BCUT2D eigenvalue weighted by molar-refractivity contribution is -0.193. The molecule has 4 heterocycles. The first kappa shape index (κ1) is 20.3.